The molecule has 1 N–H and O–H groups in total. The van der Waals surface area contributed by atoms with Crippen LogP contribution in [0.15, 0.2) is 18.2 Å². The molecule has 0 unspecified atom stereocenters. The van der Waals surface area contributed by atoms with Crippen molar-refractivity contribution in [3.63, 3.8) is 0 Å². The third-order valence-electron chi connectivity index (χ3n) is 1.98. The summed E-state index contributed by atoms with van der Waals surface area (Å²) in [5, 5.41) is 16.3. The summed E-state index contributed by atoms with van der Waals surface area (Å²) in [7, 11) is 1.51. The number of carbonyl (C=O) groups is 1. The Kier molecular flexibility index (Phi) is 2.24. The van der Waals surface area contributed by atoms with Crippen LogP contribution >= 0.6 is 0 Å². The molecule has 0 aliphatic heterocycles. The number of hydrogen-bond donors (Lipinski definition) is 1. The van der Waals surface area contributed by atoms with Crippen LogP contribution in [-0.2, 0) is 11.2 Å². The second kappa shape index (κ2) is 3.56. The molecule has 2 aromatic heterocycles. The molecule has 0 atom stereocenters. The van der Waals surface area contributed by atoms with Gasteiger partial charge < -0.3 is 9.84 Å². The van der Waals surface area contributed by atoms with Crippen molar-refractivity contribution < 1.29 is 14.6 Å². The maximum absolute atomic E-state index is 10.6. The summed E-state index contributed by atoms with van der Waals surface area (Å²) in [5.41, 5.74) is 0.575. The average molecular weight is 207 g/mol. The van der Waals surface area contributed by atoms with Crippen LogP contribution in [0.3, 0.4) is 0 Å². The molecule has 2 heterocycles. The zero-order valence-electron chi connectivity index (χ0n) is 8.04. The van der Waals surface area contributed by atoms with Gasteiger partial charge in [0, 0.05) is 0 Å². The second-order valence-corrected chi connectivity index (χ2v) is 2.95. The standard InChI is InChI=1S/C9H9N3O3/c1-15-8-4-2-3-6-10-11-7(12(6)8)5-9(13)14/h2-4H,5H2,1H3,(H,13,14). The number of aromatic nitrogens is 3. The summed E-state index contributed by atoms with van der Waals surface area (Å²) in [6.07, 6.45) is -0.179. The number of aliphatic carboxylic acids is 1. The minimum absolute atomic E-state index is 0.179. The van der Waals surface area contributed by atoms with E-state index in [4.69, 9.17) is 9.84 Å². The van der Waals surface area contributed by atoms with Gasteiger partial charge in [-0.25, -0.2) is 4.40 Å². The zero-order valence-corrected chi connectivity index (χ0v) is 8.04. The summed E-state index contributed by atoms with van der Waals surface area (Å²) in [5.74, 6) is -0.0705. The number of ether oxygens (including phenoxy) is 1. The predicted molar refractivity (Wildman–Crippen MR) is 50.9 cm³/mol. The lowest BCUT2D eigenvalue weighted by Gasteiger charge is -2.04. The number of carboxylic acids is 1. The van der Waals surface area contributed by atoms with E-state index in [9.17, 15) is 4.79 Å². The fourth-order valence-electron chi connectivity index (χ4n) is 1.38. The molecule has 6 heteroatoms. The minimum atomic E-state index is -0.949. The second-order valence-electron chi connectivity index (χ2n) is 2.95. The Hall–Kier alpha value is -2.11. The Morgan fingerprint density at radius 2 is 2.33 bits per heavy atom. The first kappa shape index (κ1) is 9.45. The van der Waals surface area contributed by atoms with Crippen LogP contribution in [0, 0.1) is 0 Å². The van der Waals surface area contributed by atoms with E-state index >= 15 is 0 Å². The van der Waals surface area contributed by atoms with Crippen LogP contribution < -0.4 is 4.74 Å². The number of carboxylic acid groups (broad SMARTS) is 1. The van der Waals surface area contributed by atoms with Crippen molar-refractivity contribution >= 4 is 11.6 Å². The molecular formula is C9H9N3O3. The molecular weight excluding hydrogens is 198 g/mol. The third-order valence-corrected chi connectivity index (χ3v) is 1.98. The molecule has 2 rings (SSSR count). The van der Waals surface area contributed by atoms with Gasteiger partial charge in [0.2, 0.25) is 5.88 Å². The normalized spacial score (nSPS) is 10.5. The maximum atomic E-state index is 10.6. The minimum Gasteiger partial charge on any atom is -0.482 e. The number of nitrogens with zero attached hydrogens (tertiary/aromatic N) is 3. The quantitative estimate of drug-likeness (QED) is 0.786. The molecule has 6 nitrogen and oxygen atoms in total. The monoisotopic (exact) mass is 207 g/mol. The third kappa shape index (κ3) is 1.61. The highest BCUT2D eigenvalue weighted by atomic mass is 16.5. The van der Waals surface area contributed by atoms with Crippen LogP contribution in [0.5, 0.6) is 5.88 Å². The molecule has 0 saturated carbocycles. The average Bonchev–Trinajstić information content (AvgIpc) is 2.61. The first-order valence-corrected chi connectivity index (χ1v) is 4.31. The summed E-state index contributed by atoms with van der Waals surface area (Å²) >= 11 is 0. The Labute approximate surface area is 85.1 Å². The smallest absolute Gasteiger partial charge is 0.311 e. The lowest BCUT2D eigenvalue weighted by Crippen LogP contribution is -2.06. The van der Waals surface area contributed by atoms with Crippen molar-refractivity contribution in [3.05, 3.63) is 24.0 Å². The molecule has 78 valence electrons. The van der Waals surface area contributed by atoms with Gasteiger partial charge >= 0.3 is 5.97 Å². The van der Waals surface area contributed by atoms with Crippen molar-refractivity contribution in [1.82, 2.24) is 14.6 Å². The molecule has 0 radical (unpaired) electrons. The van der Waals surface area contributed by atoms with E-state index in [-0.39, 0.29) is 6.42 Å². The molecule has 0 aliphatic rings. The number of methoxy groups -OCH3 is 1. The van der Waals surface area contributed by atoms with E-state index in [2.05, 4.69) is 10.2 Å². The fourth-order valence-corrected chi connectivity index (χ4v) is 1.38. The Bertz CT molecular complexity index is 506. The van der Waals surface area contributed by atoms with Crippen LogP contribution in [0.2, 0.25) is 0 Å². The van der Waals surface area contributed by atoms with Crippen LogP contribution in [0.4, 0.5) is 0 Å². The van der Waals surface area contributed by atoms with Crippen molar-refractivity contribution in [3.8, 4) is 5.88 Å². The van der Waals surface area contributed by atoms with E-state index in [0.717, 1.165) is 0 Å². The molecule has 0 amide bonds. The van der Waals surface area contributed by atoms with Crippen molar-refractivity contribution in [1.29, 1.82) is 0 Å². The van der Waals surface area contributed by atoms with Gasteiger partial charge in [0.15, 0.2) is 11.5 Å². The van der Waals surface area contributed by atoms with E-state index in [0.29, 0.717) is 17.4 Å². The largest absolute Gasteiger partial charge is 0.482 e. The van der Waals surface area contributed by atoms with Crippen molar-refractivity contribution in [2.45, 2.75) is 6.42 Å². The summed E-state index contributed by atoms with van der Waals surface area (Å²) in [6.45, 7) is 0. The highest BCUT2D eigenvalue weighted by Crippen LogP contribution is 2.15. The first-order valence-electron chi connectivity index (χ1n) is 4.31. The summed E-state index contributed by atoms with van der Waals surface area (Å²) < 4.78 is 6.68. The SMILES string of the molecule is COc1cccc2nnc(CC(=O)O)n12. The Balaban J connectivity index is 2.60. The van der Waals surface area contributed by atoms with Crippen molar-refractivity contribution in [2.75, 3.05) is 7.11 Å². The van der Waals surface area contributed by atoms with Crippen LogP contribution in [0.25, 0.3) is 5.65 Å². The van der Waals surface area contributed by atoms with Gasteiger partial charge in [0.05, 0.1) is 7.11 Å². The van der Waals surface area contributed by atoms with Gasteiger partial charge in [-0.15, -0.1) is 10.2 Å². The maximum Gasteiger partial charge on any atom is 0.311 e. The van der Waals surface area contributed by atoms with E-state index in [1.54, 1.807) is 22.6 Å². The number of pyridine rings is 1. The molecule has 0 aliphatic carbocycles. The van der Waals surface area contributed by atoms with Gasteiger partial charge in [-0.1, -0.05) is 6.07 Å². The molecule has 15 heavy (non-hydrogen) atoms. The van der Waals surface area contributed by atoms with Gasteiger partial charge in [0.1, 0.15) is 6.42 Å². The van der Waals surface area contributed by atoms with E-state index in [1.807, 2.05) is 0 Å². The van der Waals surface area contributed by atoms with Crippen LogP contribution in [-0.4, -0.2) is 32.8 Å². The van der Waals surface area contributed by atoms with Gasteiger partial charge in [-0.2, -0.15) is 0 Å². The Morgan fingerprint density at radius 3 is 3.00 bits per heavy atom. The zero-order chi connectivity index (χ0) is 10.8. The molecule has 0 bridgehead atoms. The fraction of sp³-hybridized carbons (Fsp3) is 0.222. The van der Waals surface area contributed by atoms with Crippen LogP contribution in [0.1, 0.15) is 5.82 Å². The number of hydrogen-bond acceptors (Lipinski definition) is 4. The predicted octanol–water partition coefficient (Wildman–Crippen LogP) is 0.365. The van der Waals surface area contributed by atoms with Crippen molar-refractivity contribution in [2.24, 2.45) is 0 Å². The Morgan fingerprint density at radius 1 is 1.53 bits per heavy atom. The highest BCUT2D eigenvalue weighted by Gasteiger charge is 2.12. The molecule has 2 aromatic rings. The number of rotatable bonds is 3. The van der Waals surface area contributed by atoms with Gasteiger partial charge in [-0.05, 0) is 12.1 Å². The topological polar surface area (TPSA) is 76.7 Å². The lowest BCUT2D eigenvalue weighted by molar-refractivity contribution is -0.136. The van der Waals surface area contributed by atoms with Gasteiger partial charge in [0.25, 0.3) is 0 Å². The summed E-state index contributed by atoms with van der Waals surface area (Å²) in [4.78, 5) is 10.6. The summed E-state index contributed by atoms with van der Waals surface area (Å²) in [6, 6.07) is 5.23. The van der Waals surface area contributed by atoms with Gasteiger partial charge in [-0.3, -0.25) is 4.79 Å². The molecule has 0 aromatic carbocycles. The molecule has 0 saturated heterocycles. The molecule has 0 fully saturated rings. The number of fused-ring (bicyclic) bond motifs is 1. The molecule has 0 spiro atoms. The van der Waals surface area contributed by atoms with E-state index < -0.39 is 5.97 Å². The first-order chi connectivity index (χ1) is 7.22. The van der Waals surface area contributed by atoms with E-state index in [1.165, 1.54) is 7.11 Å². The highest BCUT2D eigenvalue weighted by molar-refractivity contribution is 5.69. The lowest BCUT2D eigenvalue weighted by atomic mass is 10.4.